The fraction of sp³-hybridized carbons (Fsp3) is 0.440. The number of nitrogens with one attached hydrogen (secondary N) is 1. The van der Waals surface area contributed by atoms with Crippen LogP contribution in [0.2, 0.25) is 0 Å². The summed E-state index contributed by atoms with van der Waals surface area (Å²) in [5.74, 6) is -0.395. The number of aryl methyl sites for hydroxylation is 1. The molecule has 0 radical (unpaired) electrons. The molecule has 33 heavy (non-hydrogen) atoms. The normalized spacial score (nSPS) is 17.8. The van der Waals surface area contributed by atoms with Crippen molar-refractivity contribution in [3.05, 3.63) is 53.6 Å². The molecule has 0 bridgehead atoms. The lowest BCUT2D eigenvalue weighted by atomic mass is 9.97. The average molecular weight is 470 g/mol. The van der Waals surface area contributed by atoms with Crippen LogP contribution in [0.3, 0.4) is 0 Å². The monoisotopic (exact) mass is 469 g/mol. The fourth-order valence-corrected chi connectivity index (χ4v) is 6.13. The zero-order valence-corrected chi connectivity index (χ0v) is 20.0. The van der Waals surface area contributed by atoms with Crippen molar-refractivity contribution in [3.8, 4) is 0 Å². The molecule has 2 aliphatic rings. The van der Waals surface area contributed by atoms with E-state index < -0.39 is 10.0 Å². The zero-order valence-electron chi connectivity index (χ0n) is 19.2. The van der Waals surface area contributed by atoms with Crippen LogP contribution in [0.1, 0.15) is 48.5 Å². The number of hydrogen-bond acceptors (Lipinski definition) is 5. The minimum atomic E-state index is -3.65. The molecule has 2 aliphatic heterocycles. The Morgan fingerprint density at radius 3 is 2.15 bits per heavy atom. The van der Waals surface area contributed by atoms with E-state index in [4.69, 9.17) is 0 Å². The van der Waals surface area contributed by atoms with Gasteiger partial charge in [-0.05, 0) is 75.4 Å². The van der Waals surface area contributed by atoms with Crippen LogP contribution in [0.4, 0.5) is 11.4 Å². The SMILES string of the molecule is CC(=O)c1ccc(S(=O)(=O)N2CCC(C(=O)Nc3ccc(N4CCCC4)c(C)c3)CC2)cc1. The van der Waals surface area contributed by atoms with Crippen molar-refractivity contribution in [3.63, 3.8) is 0 Å². The highest BCUT2D eigenvalue weighted by Gasteiger charge is 2.32. The van der Waals surface area contributed by atoms with Crippen molar-refractivity contribution in [2.75, 3.05) is 36.4 Å². The van der Waals surface area contributed by atoms with Crippen molar-refractivity contribution >= 4 is 33.1 Å². The Labute approximate surface area is 195 Å². The van der Waals surface area contributed by atoms with Crippen LogP contribution >= 0.6 is 0 Å². The van der Waals surface area contributed by atoms with E-state index >= 15 is 0 Å². The third kappa shape index (κ3) is 5.12. The second-order valence-electron chi connectivity index (χ2n) is 8.94. The highest BCUT2D eigenvalue weighted by molar-refractivity contribution is 7.89. The van der Waals surface area contributed by atoms with Gasteiger partial charge in [-0.3, -0.25) is 9.59 Å². The second kappa shape index (κ2) is 9.65. The van der Waals surface area contributed by atoms with E-state index in [-0.39, 0.29) is 22.5 Å². The van der Waals surface area contributed by atoms with Crippen molar-refractivity contribution < 1.29 is 18.0 Å². The van der Waals surface area contributed by atoms with Gasteiger partial charge in [0.25, 0.3) is 0 Å². The van der Waals surface area contributed by atoms with Crippen molar-refractivity contribution in [1.82, 2.24) is 4.31 Å². The van der Waals surface area contributed by atoms with Crippen LogP contribution in [-0.4, -0.2) is 50.6 Å². The molecule has 7 nitrogen and oxygen atoms in total. The lowest BCUT2D eigenvalue weighted by molar-refractivity contribution is -0.120. The van der Waals surface area contributed by atoms with Crippen molar-refractivity contribution in [2.45, 2.75) is 44.4 Å². The van der Waals surface area contributed by atoms with Gasteiger partial charge in [-0.2, -0.15) is 4.31 Å². The Bertz CT molecular complexity index is 1130. The summed E-state index contributed by atoms with van der Waals surface area (Å²) in [6.07, 6.45) is 3.38. The van der Waals surface area contributed by atoms with E-state index in [2.05, 4.69) is 23.2 Å². The Balaban J connectivity index is 1.35. The van der Waals surface area contributed by atoms with E-state index in [1.807, 2.05) is 12.1 Å². The van der Waals surface area contributed by atoms with Gasteiger partial charge in [0.05, 0.1) is 4.90 Å². The third-order valence-electron chi connectivity index (χ3n) is 6.63. The number of carbonyl (C=O) groups excluding carboxylic acids is 2. The fourth-order valence-electron chi connectivity index (χ4n) is 4.66. The molecule has 2 fully saturated rings. The van der Waals surface area contributed by atoms with Gasteiger partial charge < -0.3 is 10.2 Å². The molecule has 176 valence electrons. The predicted octanol–water partition coefficient (Wildman–Crippen LogP) is 3.84. The van der Waals surface area contributed by atoms with E-state index in [9.17, 15) is 18.0 Å². The number of Topliss-reactive ketones (excluding diaryl/α,β-unsaturated/α-hetero) is 1. The van der Waals surface area contributed by atoms with E-state index in [1.165, 1.54) is 54.0 Å². The molecule has 4 rings (SSSR count). The van der Waals surface area contributed by atoms with Crippen LogP contribution in [0.25, 0.3) is 0 Å². The molecule has 0 saturated carbocycles. The minimum absolute atomic E-state index is 0.0637. The smallest absolute Gasteiger partial charge is 0.243 e. The molecule has 2 aromatic carbocycles. The molecule has 0 atom stereocenters. The first-order valence-corrected chi connectivity index (χ1v) is 13.0. The van der Waals surface area contributed by atoms with Gasteiger partial charge >= 0.3 is 0 Å². The Morgan fingerprint density at radius 2 is 1.58 bits per heavy atom. The first-order valence-electron chi connectivity index (χ1n) is 11.5. The van der Waals surface area contributed by atoms with Gasteiger partial charge in [0.2, 0.25) is 15.9 Å². The minimum Gasteiger partial charge on any atom is -0.371 e. The average Bonchev–Trinajstić information content (AvgIpc) is 3.34. The number of nitrogens with zero attached hydrogens (tertiary/aromatic N) is 2. The van der Waals surface area contributed by atoms with Gasteiger partial charge in [0.15, 0.2) is 5.78 Å². The van der Waals surface area contributed by atoms with Crippen LogP contribution in [0, 0.1) is 12.8 Å². The Hall–Kier alpha value is -2.71. The summed E-state index contributed by atoms with van der Waals surface area (Å²) in [6, 6.07) is 12.0. The van der Waals surface area contributed by atoms with Crippen LogP contribution in [0.5, 0.6) is 0 Å². The lowest BCUT2D eigenvalue weighted by Crippen LogP contribution is -2.41. The number of ketones is 1. The number of piperidine rings is 1. The van der Waals surface area contributed by atoms with Crippen LogP contribution in [-0.2, 0) is 14.8 Å². The van der Waals surface area contributed by atoms with Crippen molar-refractivity contribution in [2.24, 2.45) is 5.92 Å². The predicted molar refractivity (Wildman–Crippen MR) is 129 cm³/mol. The molecule has 0 aromatic heterocycles. The second-order valence-corrected chi connectivity index (χ2v) is 10.9. The molecule has 2 aromatic rings. The topological polar surface area (TPSA) is 86.8 Å². The quantitative estimate of drug-likeness (QED) is 0.650. The molecule has 0 spiro atoms. The summed E-state index contributed by atoms with van der Waals surface area (Å²) in [7, 11) is -3.65. The molecule has 2 saturated heterocycles. The van der Waals surface area contributed by atoms with E-state index in [0.29, 0.717) is 31.5 Å². The molecule has 0 unspecified atom stereocenters. The molecule has 1 amide bonds. The van der Waals surface area contributed by atoms with Gasteiger partial charge in [0.1, 0.15) is 0 Å². The van der Waals surface area contributed by atoms with E-state index in [1.54, 1.807) is 0 Å². The number of sulfonamides is 1. The van der Waals surface area contributed by atoms with Gasteiger partial charge in [0, 0.05) is 49.0 Å². The Morgan fingerprint density at radius 1 is 0.939 bits per heavy atom. The molecular formula is C25H31N3O4S. The maximum atomic E-state index is 13.0. The number of hydrogen-bond donors (Lipinski definition) is 1. The highest BCUT2D eigenvalue weighted by Crippen LogP contribution is 2.28. The summed E-state index contributed by atoms with van der Waals surface area (Å²) in [5.41, 5.74) is 3.63. The summed E-state index contributed by atoms with van der Waals surface area (Å²) in [4.78, 5) is 26.8. The third-order valence-corrected chi connectivity index (χ3v) is 8.55. The number of anilines is 2. The number of benzene rings is 2. The summed E-state index contributed by atoms with van der Waals surface area (Å²) in [5, 5.41) is 3.01. The van der Waals surface area contributed by atoms with Crippen LogP contribution < -0.4 is 10.2 Å². The maximum absolute atomic E-state index is 13.0. The summed E-state index contributed by atoms with van der Waals surface area (Å²) < 4.78 is 27.3. The van der Waals surface area contributed by atoms with Gasteiger partial charge in [-0.1, -0.05) is 12.1 Å². The number of carbonyl (C=O) groups is 2. The van der Waals surface area contributed by atoms with E-state index in [0.717, 1.165) is 24.3 Å². The first-order chi connectivity index (χ1) is 15.8. The highest BCUT2D eigenvalue weighted by atomic mass is 32.2. The molecule has 0 aliphatic carbocycles. The van der Waals surface area contributed by atoms with Gasteiger partial charge in [-0.25, -0.2) is 8.42 Å². The van der Waals surface area contributed by atoms with Crippen molar-refractivity contribution in [1.29, 1.82) is 0 Å². The van der Waals surface area contributed by atoms with Crippen LogP contribution in [0.15, 0.2) is 47.4 Å². The Kier molecular flexibility index (Phi) is 6.86. The summed E-state index contributed by atoms with van der Waals surface area (Å²) in [6.45, 7) is 6.26. The number of rotatable bonds is 6. The van der Waals surface area contributed by atoms with Gasteiger partial charge in [-0.15, -0.1) is 0 Å². The molecule has 2 heterocycles. The number of amides is 1. The maximum Gasteiger partial charge on any atom is 0.243 e. The molecule has 1 N–H and O–H groups in total. The summed E-state index contributed by atoms with van der Waals surface area (Å²) >= 11 is 0. The largest absolute Gasteiger partial charge is 0.371 e. The molecule has 8 heteroatoms. The molecular weight excluding hydrogens is 438 g/mol. The standard InChI is InChI=1S/C25H31N3O4S/c1-18-17-22(7-10-24(18)27-13-3-4-14-27)26-25(30)21-11-15-28(16-12-21)33(31,32)23-8-5-20(6-9-23)19(2)29/h5-10,17,21H,3-4,11-16H2,1-2H3,(H,26,30). The first kappa shape index (κ1) is 23.4. The zero-order chi connectivity index (χ0) is 23.6. The lowest BCUT2D eigenvalue weighted by Gasteiger charge is -2.30.